The van der Waals surface area contributed by atoms with Gasteiger partial charge in [0.15, 0.2) is 5.16 Å². The van der Waals surface area contributed by atoms with E-state index >= 15 is 0 Å². The lowest BCUT2D eigenvalue weighted by atomic mass is 10.3. The first-order valence-corrected chi connectivity index (χ1v) is 8.12. The van der Waals surface area contributed by atoms with Gasteiger partial charge in [0.25, 0.3) is 0 Å². The fourth-order valence-corrected chi connectivity index (χ4v) is 2.17. The zero-order chi connectivity index (χ0) is 13.7. The third kappa shape index (κ3) is 4.24. The van der Waals surface area contributed by atoms with Crippen molar-refractivity contribution in [3.63, 3.8) is 0 Å². The van der Waals surface area contributed by atoms with Crippen molar-refractivity contribution in [2.45, 2.75) is 12.1 Å². The Labute approximate surface area is 130 Å². The Morgan fingerprint density at radius 2 is 2.00 bits per heavy atom. The standard InChI is InChI=1S/C13H14IN3OS/c1-3-15-11-8-12(17-13(16-11)19-2)18-10-6-4-9(14)5-7-10/h4-8H,3H2,1-2H3,(H,15,16,17). The van der Waals surface area contributed by atoms with E-state index in [1.54, 1.807) is 6.07 Å². The summed E-state index contributed by atoms with van der Waals surface area (Å²) < 4.78 is 6.93. The van der Waals surface area contributed by atoms with Gasteiger partial charge in [-0.3, -0.25) is 0 Å². The highest BCUT2D eigenvalue weighted by atomic mass is 127. The van der Waals surface area contributed by atoms with E-state index in [9.17, 15) is 0 Å². The number of aromatic nitrogens is 2. The van der Waals surface area contributed by atoms with E-state index in [4.69, 9.17) is 4.74 Å². The molecule has 0 bridgehead atoms. The number of nitrogens with zero attached hydrogens (tertiary/aromatic N) is 2. The molecule has 1 heterocycles. The Hall–Kier alpha value is -1.02. The van der Waals surface area contributed by atoms with Crippen molar-refractivity contribution in [3.05, 3.63) is 33.9 Å². The van der Waals surface area contributed by atoms with E-state index in [1.165, 1.54) is 15.3 Å². The first-order valence-electron chi connectivity index (χ1n) is 5.81. The van der Waals surface area contributed by atoms with Crippen molar-refractivity contribution in [2.75, 3.05) is 18.1 Å². The highest BCUT2D eigenvalue weighted by Crippen LogP contribution is 2.24. The lowest BCUT2D eigenvalue weighted by Crippen LogP contribution is -2.02. The summed E-state index contributed by atoms with van der Waals surface area (Å²) in [4.78, 5) is 8.70. The average Bonchev–Trinajstić information content (AvgIpc) is 2.41. The molecular formula is C13H14IN3OS. The Kier molecular flexibility index (Phi) is 5.26. The highest BCUT2D eigenvalue weighted by molar-refractivity contribution is 14.1. The SMILES string of the molecule is CCNc1cc(Oc2ccc(I)cc2)nc(SC)n1. The smallest absolute Gasteiger partial charge is 0.225 e. The number of benzene rings is 1. The molecule has 1 aromatic heterocycles. The molecule has 0 saturated heterocycles. The van der Waals surface area contributed by atoms with Crippen LogP contribution in [-0.4, -0.2) is 22.8 Å². The Morgan fingerprint density at radius 1 is 1.26 bits per heavy atom. The third-order valence-electron chi connectivity index (χ3n) is 2.26. The van der Waals surface area contributed by atoms with Crippen LogP contribution in [0.2, 0.25) is 0 Å². The predicted octanol–water partition coefficient (Wildman–Crippen LogP) is 4.03. The lowest BCUT2D eigenvalue weighted by Gasteiger charge is -2.09. The van der Waals surface area contributed by atoms with Crippen LogP contribution in [0.15, 0.2) is 35.5 Å². The molecule has 0 amide bonds. The van der Waals surface area contributed by atoms with Gasteiger partial charge in [0, 0.05) is 16.2 Å². The fraction of sp³-hybridized carbons (Fsp3) is 0.231. The van der Waals surface area contributed by atoms with Crippen LogP contribution in [0, 0.1) is 3.57 Å². The molecule has 1 aromatic carbocycles. The molecule has 0 aliphatic heterocycles. The van der Waals surface area contributed by atoms with Crippen LogP contribution in [0.1, 0.15) is 6.92 Å². The molecular weight excluding hydrogens is 373 g/mol. The predicted molar refractivity (Wildman–Crippen MR) is 87.2 cm³/mol. The van der Waals surface area contributed by atoms with E-state index < -0.39 is 0 Å². The van der Waals surface area contributed by atoms with Crippen LogP contribution in [0.4, 0.5) is 5.82 Å². The molecule has 0 fully saturated rings. The molecule has 19 heavy (non-hydrogen) atoms. The number of rotatable bonds is 5. The molecule has 0 spiro atoms. The summed E-state index contributed by atoms with van der Waals surface area (Å²) >= 11 is 3.75. The molecule has 4 nitrogen and oxygen atoms in total. The minimum absolute atomic E-state index is 0.552. The Bertz CT molecular complexity index is 548. The van der Waals surface area contributed by atoms with Crippen molar-refractivity contribution in [1.82, 2.24) is 9.97 Å². The van der Waals surface area contributed by atoms with Crippen LogP contribution >= 0.6 is 34.4 Å². The Balaban J connectivity index is 2.23. The van der Waals surface area contributed by atoms with Gasteiger partial charge >= 0.3 is 0 Å². The second-order valence-electron chi connectivity index (χ2n) is 3.66. The first-order chi connectivity index (χ1) is 9.21. The molecule has 1 N–H and O–H groups in total. The van der Waals surface area contributed by atoms with Gasteiger partial charge in [0.2, 0.25) is 5.88 Å². The van der Waals surface area contributed by atoms with Crippen molar-refractivity contribution in [3.8, 4) is 11.6 Å². The number of nitrogens with one attached hydrogen (secondary N) is 1. The number of thioether (sulfide) groups is 1. The molecule has 2 rings (SSSR count). The maximum Gasteiger partial charge on any atom is 0.225 e. The van der Waals surface area contributed by atoms with Gasteiger partial charge < -0.3 is 10.1 Å². The summed E-state index contributed by atoms with van der Waals surface area (Å²) in [6.45, 7) is 2.84. The Morgan fingerprint density at radius 3 is 2.63 bits per heavy atom. The number of hydrogen-bond acceptors (Lipinski definition) is 5. The van der Waals surface area contributed by atoms with Gasteiger partial charge in [-0.1, -0.05) is 11.8 Å². The lowest BCUT2D eigenvalue weighted by molar-refractivity contribution is 0.456. The highest BCUT2D eigenvalue weighted by Gasteiger charge is 2.05. The summed E-state index contributed by atoms with van der Waals surface area (Å²) in [6, 6.07) is 9.65. The van der Waals surface area contributed by atoms with Gasteiger partial charge in [-0.2, -0.15) is 4.98 Å². The zero-order valence-corrected chi connectivity index (χ0v) is 13.7. The zero-order valence-electron chi connectivity index (χ0n) is 10.7. The maximum atomic E-state index is 5.76. The summed E-state index contributed by atoms with van der Waals surface area (Å²) in [5.41, 5.74) is 0. The van der Waals surface area contributed by atoms with Gasteiger partial charge in [-0.25, -0.2) is 4.98 Å². The second-order valence-corrected chi connectivity index (χ2v) is 5.68. The number of ether oxygens (including phenoxy) is 1. The molecule has 0 radical (unpaired) electrons. The largest absolute Gasteiger partial charge is 0.439 e. The topological polar surface area (TPSA) is 47.0 Å². The van der Waals surface area contributed by atoms with Crippen LogP contribution in [0.25, 0.3) is 0 Å². The molecule has 0 aliphatic carbocycles. The second kappa shape index (κ2) is 6.95. The van der Waals surface area contributed by atoms with E-state index in [0.29, 0.717) is 11.0 Å². The molecule has 0 saturated carbocycles. The van der Waals surface area contributed by atoms with E-state index in [1.807, 2.05) is 37.4 Å². The van der Waals surface area contributed by atoms with Gasteiger partial charge in [0.05, 0.1) is 0 Å². The van der Waals surface area contributed by atoms with Gasteiger partial charge in [0.1, 0.15) is 11.6 Å². The van der Waals surface area contributed by atoms with Crippen molar-refractivity contribution >= 4 is 40.2 Å². The van der Waals surface area contributed by atoms with Crippen molar-refractivity contribution in [2.24, 2.45) is 0 Å². The fourth-order valence-electron chi connectivity index (χ4n) is 1.44. The quantitative estimate of drug-likeness (QED) is 0.477. The van der Waals surface area contributed by atoms with Crippen LogP contribution in [0.3, 0.4) is 0 Å². The number of halogens is 1. The average molecular weight is 387 g/mol. The van der Waals surface area contributed by atoms with Crippen molar-refractivity contribution < 1.29 is 4.74 Å². The number of hydrogen-bond donors (Lipinski definition) is 1. The molecule has 2 aromatic rings. The summed E-state index contributed by atoms with van der Waals surface area (Å²) in [6.07, 6.45) is 1.94. The third-order valence-corrected chi connectivity index (χ3v) is 3.53. The molecule has 0 aliphatic rings. The van der Waals surface area contributed by atoms with Crippen LogP contribution < -0.4 is 10.1 Å². The minimum atomic E-state index is 0.552. The molecule has 6 heteroatoms. The van der Waals surface area contributed by atoms with Crippen LogP contribution in [0.5, 0.6) is 11.6 Å². The van der Waals surface area contributed by atoms with E-state index in [0.717, 1.165) is 18.1 Å². The van der Waals surface area contributed by atoms with Crippen molar-refractivity contribution in [1.29, 1.82) is 0 Å². The van der Waals surface area contributed by atoms with E-state index in [2.05, 4.69) is 37.9 Å². The molecule has 0 atom stereocenters. The normalized spacial score (nSPS) is 10.3. The summed E-state index contributed by atoms with van der Waals surface area (Å²) in [7, 11) is 0. The maximum absolute atomic E-state index is 5.76. The van der Waals surface area contributed by atoms with Gasteiger partial charge in [-0.15, -0.1) is 0 Å². The molecule has 100 valence electrons. The summed E-state index contributed by atoms with van der Waals surface area (Å²) in [5, 5.41) is 3.87. The van der Waals surface area contributed by atoms with Crippen LogP contribution in [-0.2, 0) is 0 Å². The monoisotopic (exact) mass is 387 g/mol. The van der Waals surface area contributed by atoms with Gasteiger partial charge in [-0.05, 0) is 60.0 Å². The minimum Gasteiger partial charge on any atom is -0.439 e. The first kappa shape index (κ1) is 14.4. The number of anilines is 1. The summed E-state index contributed by atoms with van der Waals surface area (Å²) in [5.74, 6) is 2.10. The van der Waals surface area contributed by atoms with E-state index in [-0.39, 0.29) is 0 Å². The molecule has 0 unspecified atom stereocenters.